The molecule has 2 heterocycles. The Balaban J connectivity index is 1.19. The van der Waals surface area contributed by atoms with E-state index in [0.29, 0.717) is 0 Å². The lowest BCUT2D eigenvalue weighted by molar-refractivity contribution is 0.245. The van der Waals surface area contributed by atoms with Crippen LogP contribution < -0.4 is 4.72 Å². The number of rotatable bonds is 9. The van der Waals surface area contributed by atoms with E-state index in [1.165, 1.54) is 43.7 Å². The van der Waals surface area contributed by atoms with Gasteiger partial charge in [0.15, 0.2) is 0 Å². The molecule has 7 heteroatoms. The van der Waals surface area contributed by atoms with Gasteiger partial charge in [0.25, 0.3) is 10.0 Å². The van der Waals surface area contributed by atoms with Crippen molar-refractivity contribution in [3.8, 4) is 0 Å². The fourth-order valence-corrected chi connectivity index (χ4v) is 7.11. The SMILES string of the molecule is CC(C)(C)n1ccc(CN2CCc3cc(S(=O)(=O)Nc4ccc(CCCC5CCCC5)cc4F)ccc3C2)c1. The highest BCUT2D eigenvalue weighted by molar-refractivity contribution is 7.92. The van der Waals surface area contributed by atoms with Crippen molar-refractivity contribution < 1.29 is 12.8 Å². The van der Waals surface area contributed by atoms with E-state index >= 15 is 0 Å². The largest absolute Gasteiger partial charge is 0.349 e. The molecule has 1 fully saturated rings. The van der Waals surface area contributed by atoms with Crippen LogP contribution in [0.4, 0.5) is 10.1 Å². The van der Waals surface area contributed by atoms with Gasteiger partial charge in [-0.15, -0.1) is 0 Å². The first-order valence-corrected chi connectivity index (χ1v) is 15.9. The predicted octanol–water partition coefficient (Wildman–Crippen LogP) is 7.25. The van der Waals surface area contributed by atoms with Crippen LogP contribution in [0.15, 0.2) is 59.8 Å². The number of hydrogen-bond acceptors (Lipinski definition) is 3. The van der Waals surface area contributed by atoms with Gasteiger partial charge in [0.1, 0.15) is 5.82 Å². The Morgan fingerprint density at radius 2 is 1.79 bits per heavy atom. The maximum Gasteiger partial charge on any atom is 0.261 e. The van der Waals surface area contributed by atoms with Crippen LogP contribution in [0.25, 0.3) is 0 Å². The second-order valence-electron chi connectivity index (χ2n) is 12.5. The Bertz CT molecular complexity index is 1400. The molecule has 210 valence electrons. The maximum atomic E-state index is 14.9. The minimum absolute atomic E-state index is 0.000586. The summed E-state index contributed by atoms with van der Waals surface area (Å²) >= 11 is 0. The average molecular weight is 552 g/mol. The number of aromatic nitrogens is 1. The van der Waals surface area contributed by atoms with Crippen molar-refractivity contribution >= 4 is 15.7 Å². The summed E-state index contributed by atoms with van der Waals surface area (Å²) in [6.07, 6.45) is 13.5. The minimum Gasteiger partial charge on any atom is -0.349 e. The summed E-state index contributed by atoms with van der Waals surface area (Å²) in [5, 5.41) is 0. The summed E-state index contributed by atoms with van der Waals surface area (Å²) in [4.78, 5) is 2.57. The molecule has 0 bridgehead atoms. The van der Waals surface area contributed by atoms with E-state index in [1.54, 1.807) is 18.2 Å². The summed E-state index contributed by atoms with van der Waals surface area (Å²) < 4.78 is 45.8. The maximum absolute atomic E-state index is 14.9. The molecule has 0 unspecified atom stereocenters. The number of hydrogen-bond donors (Lipinski definition) is 1. The molecular formula is C32H42FN3O2S. The molecule has 0 spiro atoms. The van der Waals surface area contributed by atoms with Gasteiger partial charge in [0.05, 0.1) is 10.6 Å². The summed E-state index contributed by atoms with van der Waals surface area (Å²) in [6, 6.07) is 12.3. The van der Waals surface area contributed by atoms with Crippen molar-refractivity contribution in [1.29, 1.82) is 0 Å². The smallest absolute Gasteiger partial charge is 0.261 e. The summed E-state index contributed by atoms with van der Waals surface area (Å²) in [7, 11) is -3.89. The molecule has 2 aliphatic rings. The first-order valence-electron chi connectivity index (χ1n) is 14.4. The third-order valence-corrected chi connectivity index (χ3v) is 9.71. The quantitative estimate of drug-likeness (QED) is 0.305. The van der Waals surface area contributed by atoms with Crippen molar-refractivity contribution in [1.82, 2.24) is 9.47 Å². The minimum atomic E-state index is -3.89. The van der Waals surface area contributed by atoms with Gasteiger partial charge in [-0.3, -0.25) is 9.62 Å². The van der Waals surface area contributed by atoms with Crippen LogP contribution in [0.3, 0.4) is 0 Å². The van der Waals surface area contributed by atoms with E-state index in [9.17, 15) is 12.8 Å². The Kier molecular flexibility index (Phi) is 8.20. The normalized spacial score (nSPS) is 16.9. The van der Waals surface area contributed by atoms with E-state index in [2.05, 4.69) is 53.4 Å². The van der Waals surface area contributed by atoms with Crippen LogP contribution in [-0.4, -0.2) is 24.4 Å². The van der Waals surface area contributed by atoms with Crippen molar-refractivity contribution in [2.75, 3.05) is 11.3 Å². The lowest BCUT2D eigenvalue weighted by atomic mass is 9.98. The van der Waals surface area contributed by atoms with Gasteiger partial charge in [0.2, 0.25) is 0 Å². The van der Waals surface area contributed by atoms with Crippen LogP contribution in [-0.2, 0) is 41.5 Å². The van der Waals surface area contributed by atoms with Crippen LogP contribution in [0.1, 0.15) is 81.5 Å². The number of halogens is 1. The first kappa shape index (κ1) is 27.9. The zero-order chi connectivity index (χ0) is 27.6. The molecule has 1 saturated carbocycles. The van der Waals surface area contributed by atoms with Crippen molar-refractivity contribution in [3.63, 3.8) is 0 Å². The molecule has 2 aromatic carbocycles. The molecule has 5 nitrogen and oxygen atoms in total. The lowest BCUT2D eigenvalue weighted by Crippen LogP contribution is -2.30. The number of nitrogens with one attached hydrogen (secondary N) is 1. The molecule has 0 amide bonds. The average Bonchev–Trinajstić information content (AvgIpc) is 3.58. The molecule has 1 aliphatic heterocycles. The second kappa shape index (κ2) is 11.5. The molecule has 39 heavy (non-hydrogen) atoms. The second-order valence-corrected chi connectivity index (χ2v) is 14.1. The van der Waals surface area contributed by atoms with E-state index in [0.717, 1.165) is 61.5 Å². The topological polar surface area (TPSA) is 54.3 Å². The number of fused-ring (bicyclic) bond motifs is 1. The molecule has 1 aromatic heterocycles. The highest BCUT2D eigenvalue weighted by Crippen LogP contribution is 2.30. The third-order valence-electron chi connectivity index (χ3n) is 8.34. The Labute approximate surface area is 233 Å². The summed E-state index contributed by atoms with van der Waals surface area (Å²) in [5.41, 5.74) is 4.44. The number of anilines is 1. The number of aryl methyl sites for hydroxylation is 1. The number of sulfonamides is 1. The van der Waals surface area contributed by atoms with E-state index in [4.69, 9.17) is 0 Å². The number of nitrogens with zero attached hydrogens (tertiary/aromatic N) is 2. The molecule has 0 atom stereocenters. The molecule has 0 radical (unpaired) electrons. The van der Waals surface area contributed by atoms with Crippen molar-refractivity contribution in [2.45, 2.75) is 95.7 Å². The summed E-state index contributed by atoms with van der Waals surface area (Å²) in [6.45, 7) is 9.07. The summed E-state index contributed by atoms with van der Waals surface area (Å²) in [5.74, 6) is 0.299. The Morgan fingerprint density at radius 3 is 2.51 bits per heavy atom. The van der Waals surface area contributed by atoms with Crippen LogP contribution in [0.5, 0.6) is 0 Å². The lowest BCUT2D eigenvalue weighted by Gasteiger charge is -2.29. The molecule has 3 aromatic rings. The Hall–Kier alpha value is -2.64. The highest BCUT2D eigenvalue weighted by Gasteiger charge is 2.22. The fraction of sp³-hybridized carbons (Fsp3) is 0.500. The third kappa shape index (κ3) is 6.93. The van der Waals surface area contributed by atoms with Gasteiger partial charge in [-0.2, -0.15) is 0 Å². The molecule has 1 aliphatic carbocycles. The van der Waals surface area contributed by atoms with Gasteiger partial charge in [0, 0.05) is 37.6 Å². The van der Waals surface area contributed by atoms with Gasteiger partial charge >= 0.3 is 0 Å². The molecule has 0 saturated heterocycles. The molecule has 1 N–H and O–H groups in total. The van der Waals surface area contributed by atoms with Gasteiger partial charge < -0.3 is 4.57 Å². The van der Waals surface area contributed by atoms with Crippen LogP contribution in [0.2, 0.25) is 0 Å². The zero-order valence-corrected chi connectivity index (χ0v) is 24.4. The van der Waals surface area contributed by atoms with E-state index in [1.807, 2.05) is 12.1 Å². The van der Waals surface area contributed by atoms with Gasteiger partial charge in [-0.25, -0.2) is 12.8 Å². The monoisotopic (exact) mass is 551 g/mol. The highest BCUT2D eigenvalue weighted by atomic mass is 32.2. The van der Waals surface area contributed by atoms with Crippen LogP contribution in [0, 0.1) is 11.7 Å². The van der Waals surface area contributed by atoms with Gasteiger partial charge in [-0.1, -0.05) is 44.2 Å². The van der Waals surface area contributed by atoms with Crippen molar-refractivity contribution in [3.05, 3.63) is 82.9 Å². The fourth-order valence-electron chi connectivity index (χ4n) is 5.99. The zero-order valence-electron chi connectivity index (χ0n) is 23.5. The Morgan fingerprint density at radius 1 is 1.00 bits per heavy atom. The van der Waals surface area contributed by atoms with Gasteiger partial charge in [-0.05, 0) is 98.5 Å². The molecule has 5 rings (SSSR count). The molecular weight excluding hydrogens is 509 g/mol. The van der Waals surface area contributed by atoms with Crippen LogP contribution >= 0.6 is 0 Å². The first-order chi connectivity index (χ1) is 18.6. The van der Waals surface area contributed by atoms with Crippen molar-refractivity contribution in [2.24, 2.45) is 5.92 Å². The predicted molar refractivity (Wildman–Crippen MR) is 156 cm³/mol. The van der Waals surface area contributed by atoms with E-state index in [-0.39, 0.29) is 16.1 Å². The van der Waals surface area contributed by atoms with E-state index < -0.39 is 15.8 Å². The standard InChI is InChI=1S/C32H42FN3O2S/c1-32(2,3)36-18-15-26(22-36)21-35-17-16-27-20-29(13-12-28(27)23-35)39(37,38)34-31-14-11-25(19-30(31)33)10-6-9-24-7-4-5-8-24/h11-15,18-20,22,24,34H,4-10,16-17,21,23H2,1-3H3. The number of benzene rings is 2.